The Balaban J connectivity index is 1.32. The van der Waals surface area contributed by atoms with Crippen LogP contribution in [-0.4, -0.2) is 28.2 Å². The highest BCUT2D eigenvalue weighted by molar-refractivity contribution is 5.99. The molecule has 5 nitrogen and oxygen atoms in total. The number of aryl methyl sites for hydroxylation is 2. The molecule has 5 rings (SSSR count). The SMILES string of the molecule is Cc1cccc(C)c1Oc1ccc(C(=O)N(CCc2ccccc2)Cc2ccc(C(O)C(=O)c3ccccc3)cc2)cc1. The largest absolute Gasteiger partial charge is 0.457 e. The van der Waals surface area contributed by atoms with E-state index in [-0.39, 0.29) is 11.7 Å². The van der Waals surface area contributed by atoms with Gasteiger partial charge in [-0.2, -0.15) is 0 Å². The lowest BCUT2D eigenvalue weighted by Crippen LogP contribution is -2.32. The van der Waals surface area contributed by atoms with Crippen LogP contribution in [0.1, 0.15) is 54.6 Å². The minimum atomic E-state index is -1.25. The fourth-order valence-electron chi connectivity index (χ4n) is 5.02. The van der Waals surface area contributed by atoms with Crippen molar-refractivity contribution in [3.8, 4) is 11.5 Å². The maximum atomic E-state index is 13.8. The second-order valence-electron chi connectivity index (χ2n) is 10.7. The van der Waals surface area contributed by atoms with Crippen molar-refractivity contribution in [1.29, 1.82) is 0 Å². The molecule has 216 valence electrons. The van der Waals surface area contributed by atoms with Crippen LogP contribution in [0.4, 0.5) is 0 Å². The topological polar surface area (TPSA) is 66.8 Å². The van der Waals surface area contributed by atoms with Crippen molar-refractivity contribution in [3.05, 3.63) is 166 Å². The molecule has 0 radical (unpaired) electrons. The van der Waals surface area contributed by atoms with Crippen molar-refractivity contribution >= 4 is 11.7 Å². The molecule has 43 heavy (non-hydrogen) atoms. The number of benzene rings is 5. The molecule has 0 fully saturated rings. The summed E-state index contributed by atoms with van der Waals surface area (Å²) in [4.78, 5) is 28.3. The number of ketones is 1. The van der Waals surface area contributed by atoms with E-state index in [0.29, 0.717) is 42.0 Å². The van der Waals surface area contributed by atoms with Gasteiger partial charge in [0.15, 0.2) is 5.78 Å². The number of hydrogen-bond donors (Lipinski definition) is 1. The fraction of sp³-hybridized carbons (Fsp3) is 0.158. The van der Waals surface area contributed by atoms with Crippen LogP contribution < -0.4 is 4.74 Å². The van der Waals surface area contributed by atoms with Crippen LogP contribution in [-0.2, 0) is 13.0 Å². The van der Waals surface area contributed by atoms with E-state index in [1.807, 2.05) is 85.5 Å². The first-order valence-corrected chi connectivity index (χ1v) is 14.4. The fourth-order valence-corrected chi connectivity index (χ4v) is 5.02. The average Bonchev–Trinajstić information content (AvgIpc) is 3.05. The number of aliphatic hydroxyl groups excluding tert-OH is 1. The second kappa shape index (κ2) is 13.8. The van der Waals surface area contributed by atoms with E-state index in [1.54, 1.807) is 48.5 Å². The zero-order valence-electron chi connectivity index (χ0n) is 24.4. The molecule has 1 unspecified atom stereocenters. The van der Waals surface area contributed by atoms with E-state index in [0.717, 1.165) is 28.0 Å². The van der Waals surface area contributed by atoms with Gasteiger partial charge in [0.05, 0.1) is 0 Å². The predicted octanol–water partition coefficient (Wildman–Crippen LogP) is 7.90. The summed E-state index contributed by atoms with van der Waals surface area (Å²) in [5.41, 5.74) is 5.70. The molecule has 0 saturated carbocycles. The van der Waals surface area contributed by atoms with Crippen LogP contribution in [0.2, 0.25) is 0 Å². The molecule has 1 amide bonds. The summed E-state index contributed by atoms with van der Waals surface area (Å²) in [5.74, 6) is 1.06. The van der Waals surface area contributed by atoms with Crippen molar-refractivity contribution in [3.63, 3.8) is 0 Å². The van der Waals surface area contributed by atoms with Gasteiger partial charge in [-0.25, -0.2) is 0 Å². The van der Waals surface area contributed by atoms with Crippen LogP contribution in [0.25, 0.3) is 0 Å². The molecule has 0 spiro atoms. The molecule has 0 aromatic heterocycles. The Bertz CT molecular complexity index is 1640. The van der Waals surface area contributed by atoms with Gasteiger partial charge >= 0.3 is 0 Å². The molecule has 1 N–H and O–H groups in total. The number of Topliss-reactive ketones (excluding diaryl/α,β-unsaturated/α-hetero) is 1. The molecule has 0 aliphatic rings. The zero-order chi connectivity index (χ0) is 30.2. The van der Waals surface area contributed by atoms with Crippen LogP contribution >= 0.6 is 0 Å². The Morgan fingerprint density at radius 3 is 1.91 bits per heavy atom. The standard InChI is InChI=1S/C38H35NO4/c1-27-10-9-11-28(2)37(27)43-34-22-20-33(21-23-34)38(42)39(25-24-29-12-5-3-6-13-29)26-30-16-18-32(19-17-30)36(41)35(40)31-14-7-4-8-15-31/h3-23,36,41H,24-26H2,1-2H3. The molecule has 0 bridgehead atoms. The molecule has 5 aromatic rings. The summed E-state index contributed by atoms with van der Waals surface area (Å²) in [6.07, 6.45) is -0.542. The molecule has 0 heterocycles. The molecular weight excluding hydrogens is 534 g/mol. The quantitative estimate of drug-likeness (QED) is 0.164. The Kier molecular flexibility index (Phi) is 9.45. The monoisotopic (exact) mass is 569 g/mol. The number of carbonyl (C=O) groups excluding carboxylic acids is 2. The summed E-state index contributed by atoms with van der Waals surface area (Å²) in [6.45, 7) is 4.94. The van der Waals surface area contributed by atoms with Gasteiger partial charge in [-0.15, -0.1) is 0 Å². The van der Waals surface area contributed by atoms with E-state index >= 15 is 0 Å². The van der Waals surface area contributed by atoms with Crippen LogP contribution in [0.15, 0.2) is 127 Å². The Morgan fingerprint density at radius 1 is 0.674 bits per heavy atom. The van der Waals surface area contributed by atoms with Crippen LogP contribution in [0.3, 0.4) is 0 Å². The van der Waals surface area contributed by atoms with Crippen molar-refractivity contribution in [2.24, 2.45) is 0 Å². The lowest BCUT2D eigenvalue weighted by atomic mass is 9.99. The van der Waals surface area contributed by atoms with Gasteiger partial charge < -0.3 is 14.7 Å². The Labute approximate surface area is 253 Å². The van der Waals surface area contributed by atoms with Crippen molar-refractivity contribution in [2.75, 3.05) is 6.54 Å². The molecule has 5 heteroatoms. The lowest BCUT2D eigenvalue weighted by molar-refractivity contribution is 0.0743. The van der Waals surface area contributed by atoms with Gasteiger partial charge in [0, 0.05) is 24.2 Å². The van der Waals surface area contributed by atoms with Crippen molar-refractivity contribution in [2.45, 2.75) is 32.9 Å². The van der Waals surface area contributed by atoms with E-state index in [1.165, 1.54) is 0 Å². The maximum Gasteiger partial charge on any atom is 0.254 e. The molecule has 1 atom stereocenters. The minimum absolute atomic E-state index is 0.0853. The van der Waals surface area contributed by atoms with Crippen molar-refractivity contribution in [1.82, 2.24) is 4.90 Å². The number of rotatable bonds is 11. The summed E-state index contributed by atoms with van der Waals surface area (Å²) >= 11 is 0. The number of ether oxygens (including phenoxy) is 1. The highest BCUT2D eigenvalue weighted by Gasteiger charge is 2.20. The van der Waals surface area contributed by atoms with Crippen LogP contribution in [0, 0.1) is 13.8 Å². The van der Waals surface area contributed by atoms with Gasteiger partial charge in [0.2, 0.25) is 0 Å². The smallest absolute Gasteiger partial charge is 0.254 e. The molecular formula is C38H35NO4. The third kappa shape index (κ3) is 7.45. The highest BCUT2D eigenvalue weighted by atomic mass is 16.5. The summed E-state index contributed by atoms with van der Waals surface area (Å²) in [6, 6.07) is 39.4. The van der Waals surface area contributed by atoms with Gasteiger partial charge in [-0.3, -0.25) is 9.59 Å². The number of nitrogens with zero attached hydrogens (tertiary/aromatic N) is 1. The van der Waals surface area contributed by atoms with E-state index in [9.17, 15) is 14.7 Å². The number of hydrogen-bond acceptors (Lipinski definition) is 4. The van der Waals surface area contributed by atoms with Gasteiger partial charge in [0.1, 0.15) is 17.6 Å². The number of carbonyl (C=O) groups is 2. The summed E-state index contributed by atoms with van der Waals surface area (Å²) < 4.78 is 6.14. The van der Waals surface area contributed by atoms with Crippen LogP contribution in [0.5, 0.6) is 11.5 Å². The molecule has 0 saturated heterocycles. The predicted molar refractivity (Wildman–Crippen MR) is 169 cm³/mol. The van der Waals surface area contributed by atoms with Crippen molar-refractivity contribution < 1.29 is 19.4 Å². The summed E-state index contributed by atoms with van der Waals surface area (Å²) in [7, 11) is 0. The third-order valence-corrected chi connectivity index (χ3v) is 7.51. The van der Waals surface area contributed by atoms with E-state index < -0.39 is 6.10 Å². The minimum Gasteiger partial charge on any atom is -0.457 e. The first-order chi connectivity index (χ1) is 20.9. The Morgan fingerprint density at radius 2 is 1.28 bits per heavy atom. The molecule has 5 aromatic carbocycles. The maximum absolute atomic E-state index is 13.8. The van der Waals surface area contributed by atoms with Gasteiger partial charge in [-0.1, -0.05) is 103 Å². The number of amides is 1. The number of aliphatic hydroxyl groups is 1. The van der Waals surface area contributed by atoms with E-state index in [2.05, 4.69) is 12.1 Å². The second-order valence-corrected chi connectivity index (χ2v) is 10.7. The van der Waals surface area contributed by atoms with E-state index in [4.69, 9.17) is 4.74 Å². The normalized spacial score (nSPS) is 11.5. The zero-order valence-corrected chi connectivity index (χ0v) is 24.4. The average molecular weight is 570 g/mol. The lowest BCUT2D eigenvalue weighted by Gasteiger charge is -2.24. The molecule has 0 aliphatic carbocycles. The van der Waals surface area contributed by atoms with Gasteiger partial charge in [-0.05, 0) is 72.4 Å². The summed E-state index contributed by atoms with van der Waals surface area (Å²) in [5, 5.41) is 10.7. The highest BCUT2D eigenvalue weighted by Crippen LogP contribution is 2.29. The first-order valence-electron chi connectivity index (χ1n) is 14.4. The van der Waals surface area contributed by atoms with Gasteiger partial charge in [0.25, 0.3) is 5.91 Å². The first kappa shape index (κ1) is 29.5. The third-order valence-electron chi connectivity index (χ3n) is 7.51. The molecule has 0 aliphatic heterocycles. The number of para-hydroxylation sites is 1. The Hall–Kier alpha value is -5.00.